The van der Waals surface area contributed by atoms with Gasteiger partial charge in [0.2, 0.25) is 0 Å². The van der Waals surface area contributed by atoms with Gasteiger partial charge < -0.3 is 13.7 Å². The van der Waals surface area contributed by atoms with Crippen molar-refractivity contribution in [2.75, 3.05) is 0 Å². The van der Waals surface area contributed by atoms with Crippen molar-refractivity contribution in [3.63, 3.8) is 0 Å². The molecule has 162 valence electrons. The first-order chi connectivity index (χ1) is 15.8. The summed E-state index contributed by atoms with van der Waals surface area (Å²) in [5.74, 6) is 0. The van der Waals surface area contributed by atoms with Crippen LogP contribution in [-0.4, -0.2) is 18.3 Å². The van der Waals surface area contributed by atoms with Crippen LogP contribution in [0.3, 0.4) is 0 Å². The highest BCUT2D eigenvalue weighted by Gasteiger charge is 2.51. The lowest BCUT2D eigenvalue weighted by atomic mass is 9.78. The zero-order chi connectivity index (χ0) is 22.5. The maximum atomic E-state index is 6.33. The molecule has 7 rings (SSSR count). The average molecular weight is 450 g/mol. The Hall–Kier alpha value is -2.86. The Morgan fingerprint density at radius 1 is 0.667 bits per heavy atom. The molecule has 0 unspecified atom stereocenters. The van der Waals surface area contributed by atoms with Crippen LogP contribution in [0.1, 0.15) is 27.7 Å². The molecule has 5 heteroatoms. The van der Waals surface area contributed by atoms with Gasteiger partial charge in [0, 0.05) is 30.9 Å². The molecule has 2 aromatic heterocycles. The summed E-state index contributed by atoms with van der Waals surface area (Å²) in [7, 11) is -0.397. The molecule has 4 aromatic carbocycles. The first-order valence-electron chi connectivity index (χ1n) is 11.4. The summed E-state index contributed by atoms with van der Waals surface area (Å²) in [5.41, 5.74) is 2.08. The molecule has 0 saturated carbocycles. The largest absolute Gasteiger partial charge is 0.494 e. The first kappa shape index (κ1) is 19.6. The van der Waals surface area contributed by atoms with Crippen LogP contribution in [0, 0.1) is 0 Å². The molecule has 1 saturated heterocycles. The van der Waals surface area contributed by atoms with Gasteiger partial charge >= 0.3 is 7.12 Å². The molecule has 1 fully saturated rings. The number of thiophene rings is 1. The van der Waals surface area contributed by atoms with Crippen LogP contribution in [0.5, 0.6) is 0 Å². The van der Waals surface area contributed by atoms with Crippen LogP contribution in [-0.2, 0) is 9.31 Å². The number of hydrogen-bond acceptors (Lipinski definition) is 4. The lowest BCUT2D eigenvalue weighted by Crippen LogP contribution is -2.41. The molecule has 0 aliphatic carbocycles. The average Bonchev–Trinajstić information content (AvgIpc) is 3.39. The van der Waals surface area contributed by atoms with Crippen molar-refractivity contribution < 1.29 is 13.7 Å². The normalized spacial score (nSPS) is 17.9. The van der Waals surface area contributed by atoms with Gasteiger partial charge in [0.15, 0.2) is 0 Å². The highest BCUT2D eigenvalue weighted by Crippen LogP contribution is 2.43. The molecule has 0 atom stereocenters. The van der Waals surface area contributed by atoms with Gasteiger partial charge in [-0.2, -0.15) is 0 Å². The Kier molecular flexibility index (Phi) is 3.79. The zero-order valence-corrected chi connectivity index (χ0v) is 19.9. The summed E-state index contributed by atoms with van der Waals surface area (Å²) in [6, 6.07) is 23.8. The molecule has 0 amide bonds. The van der Waals surface area contributed by atoms with Crippen LogP contribution in [0.25, 0.3) is 52.9 Å². The molecule has 33 heavy (non-hydrogen) atoms. The Balaban J connectivity index is 1.52. The number of furan rings is 1. The van der Waals surface area contributed by atoms with Gasteiger partial charge in [-0.15, -0.1) is 11.3 Å². The molecule has 1 aliphatic heterocycles. The van der Waals surface area contributed by atoms with E-state index in [2.05, 4.69) is 88.4 Å². The molecule has 0 radical (unpaired) electrons. The molecular formula is C28H23BO3S. The molecule has 6 aromatic rings. The van der Waals surface area contributed by atoms with Crippen LogP contribution in [0.2, 0.25) is 0 Å². The minimum Gasteiger partial charge on any atom is -0.456 e. The third-order valence-corrected chi connectivity index (χ3v) is 8.60. The molecule has 3 heterocycles. The minimum absolute atomic E-state index is 0.372. The van der Waals surface area contributed by atoms with Gasteiger partial charge in [0.25, 0.3) is 0 Å². The van der Waals surface area contributed by atoms with Crippen molar-refractivity contribution in [2.45, 2.75) is 38.9 Å². The topological polar surface area (TPSA) is 31.6 Å². The van der Waals surface area contributed by atoms with Gasteiger partial charge in [-0.05, 0) is 74.3 Å². The van der Waals surface area contributed by atoms with E-state index < -0.39 is 7.12 Å². The van der Waals surface area contributed by atoms with E-state index in [1.807, 2.05) is 17.4 Å². The van der Waals surface area contributed by atoms with Crippen LogP contribution < -0.4 is 5.46 Å². The number of rotatable bonds is 1. The Labute approximate surface area is 196 Å². The predicted molar refractivity (Wildman–Crippen MR) is 140 cm³/mol. The predicted octanol–water partition coefficient (Wildman–Crippen LogP) is 7.41. The molecule has 0 bridgehead atoms. The zero-order valence-electron chi connectivity index (χ0n) is 19.1. The molecule has 1 aliphatic rings. The monoisotopic (exact) mass is 450 g/mol. The number of benzene rings is 4. The number of hydrogen-bond donors (Lipinski definition) is 0. The van der Waals surface area contributed by atoms with E-state index in [9.17, 15) is 0 Å². The van der Waals surface area contributed by atoms with Crippen molar-refractivity contribution in [1.29, 1.82) is 0 Å². The SMILES string of the molecule is CC1(C)OB(c2ccc3oc4ccc5sc6cc7ccccc7cc6c5c4c3c2)OC1(C)C. The second-order valence-corrected chi connectivity index (χ2v) is 11.1. The van der Waals surface area contributed by atoms with Gasteiger partial charge in [-0.25, -0.2) is 0 Å². The minimum atomic E-state index is -0.397. The maximum Gasteiger partial charge on any atom is 0.494 e. The Morgan fingerprint density at radius 3 is 2.12 bits per heavy atom. The fourth-order valence-corrected chi connectivity index (χ4v) is 6.11. The van der Waals surface area contributed by atoms with E-state index in [0.717, 1.165) is 22.0 Å². The highest BCUT2D eigenvalue weighted by molar-refractivity contribution is 7.26. The second kappa shape index (κ2) is 6.38. The smallest absolute Gasteiger partial charge is 0.456 e. The second-order valence-electron chi connectivity index (χ2n) is 10.1. The molecular weight excluding hydrogens is 427 g/mol. The van der Waals surface area contributed by atoms with E-state index in [1.54, 1.807) is 0 Å². The third-order valence-electron chi connectivity index (χ3n) is 7.48. The van der Waals surface area contributed by atoms with Crippen LogP contribution >= 0.6 is 11.3 Å². The fourth-order valence-electron chi connectivity index (χ4n) is 4.96. The lowest BCUT2D eigenvalue weighted by molar-refractivity contribution is 0.00578. The van der Waals surface area contributed by atoms with Crippen LogP contribution in [0.4, 0.5) is 0 Å². The summed E-state index contributed by atoms with van der Waals surface area (Å²) in [4.78, 5) is 0. The summed E-state index contributed by atoms with van der Waals surface area (Å²) < 4.78 is 21.5. The van der Waals surface area contributed by atoms with Crippen molar-refractivity contribution >= 4 is 76.8 Å². The van der Waals surface area contributed by atoms with E-state index in [4.69, 9.17) is 13.7 Å². The van der Waals surface area contributed by atoms with Crippen molar-refractivity contribution in [3.05, 3.63) is 66.7 Å². The van der Waals surface area contributed by atoms with Gasteiger partial charge in [0.05, 0.1) is 11.2 Å². The quantitative estimate of drug-likeness (QED) is 0.245. The van der Waals surface area contributed by atoms with Gasteiger partial charge in [-0.1, -0.05) is 36.4 Å². The van der Waals surface area contributed by atoms with Crippen molar-refractivity contribution in [1.82, 2.24) is 0 Å². The molecule has 0 spiro atoms. The standard InChI is InChI=1S/C28H23BO3S/c1-27(2)28(3,4)32-29(31-27)18-9-10-21-19(15-18)25-22(30-21)11-12-23-26(25)20-13-16-7-5-6-8-17(16)14-24(20)33-23/h5-15H,1-4H3. The maximum absolute atomic E-state index is 6.33. The third kappa shape index (κ3) is 2.70. The summed E-state index contributed by atoms with van der Waals surface area (Å²) in [5, 5.41) is 7.35. The van der Waals surface area contributed by atoms with E-state index in [-0.39, 0.29) is 11.2 Å². The first-order valence-corrected chi connectivity index (χ1v) is 12.2. The van der Waals surface area contributed by atoms with Gasteiger partial charge in [0.1, 0.15) is 11.2 Å². The lowest BCUT2D eigenvalue weighted by Gasteiger charge is -2.32. The molecule has 0 N–H and O–H groups in total. The van der Waals surface area contributed by atoms with Gasteiger partial charge in [-0.3, -0.25) is 0 Å². The highest BCUT2D eigenvalue weighted by atomic mass is 32.1. The van der Waals surface area contributed by atoms with E-state index >= 15 is 0 Å². The Morgan fingerprint density at radius 2 is 1.36 bits per heavy atom. The van der Waals surface area contributed by atoms with Crippen molar-refractivity contribution in [3.8, 4) is 0 Å². The summed E-state index contributed by atoms with van der Waals surface area (Å²) >= 11 is 1.84. The fraction of sp³-hybridized carbons (Fsp3) is 0.214. The Bertz CT molecular complexity index is 1720. The summed E-state index contributed by atoms with van der Waals surface area (Å²) in [6.45, 7) is 8.35. The summed E-state index contributed by atoms with van der Waals surface area (Å²) in [6.07, 6.45) is 0. The number of fused-ring (bicyclic) bond motifs is 8. The van der Waals surface area contributed by atoms with E-state index in [1.165, 1.54) is 36.3 Å². The molecule has 3 nitrogen and oxygen atoms in total. The van der Waals surface area contributed by atoms with E-state index in [0.29, 0.717) is 0 Å². The van der Waals surface area contributed by atoms with Crippen molar-refractivity contribution in [2.24, 2.45) is 0 Å². The van der Waals surface area contributed by atoms with Crippen LogP contribution in [0.15, 0.2) is 71.1 Å².